The molecule has 0 amide bonds. The summed E-state index contributed by atoms with van der Waals surface area (Å²) in [5, 5.41) is 11.2. The van der Waals surface area contributed by atoms with Crippen molar-refractivity contribution in [2.75, 3.05) is 0 Å². The summed E-state index contributed by atoms with van der Waals surface area (Å²) in [6, 6.07) is 26.7. The van der Waals surface area contributed by atoms with Crippen molar-refractivity contribution in [3.8, 4) is 39.6 Å². The monoisotopic (exact) mass is 488 g/mol. The van der Waals surface area contributed by atoms with E-state index in [0.29, 0.717) is 44.2 Å². The van der Waals surface area contributed by atoms with E-state index in [-0.39, 0.29) is 5.69 Å². The predicted octanol–water partition coefficient (Wildman–Crippen LogP) is 8.04. The highest BCUT2D eigenvalue weighted by Crippen LogP contribution is 2.42. The number of rotatable bonds is 3. The van der Waals surface area contributed by atoms with Crippen LogP contribution in [-0.4, -0.2) is 0 Å². The molecule has 6 rings (SSSR count). The van der Waals surface area contributed by atoms with Gasteiger partial charge in [-0.3, -0.25) is 0 Å². The van der Waals surface area contributed by atoms with Gasteiger partial charge in [0, 0.05) is 26.5 Å². The zero-order valence-electron chi connectivity index (χ0n) is 25.2. The average molecular weight is 489 g/mol. The third kappa shape index (κ3) is 3.77. The summed E-state index contributed by atoms with van der Waals surface area (Å²) in [5.74, 6) is -1.25. The zero-order chi connectivity index (χ0) is 29.9. The third-order valence-corrected chi connectivity index (χ3v) is 6.66. The lowest BCUT2D eigenvalue weighted by molar-refractivity contribution is -0.662. The van der Waals surface area contributed by atoms with Crippen LogP contribution in [0.25, 0.3) is 55.4 Å². The van der Waals surface area contributed by atoms with Gasteiger partial charge in [-0.05, 0) is 59.8 Å². The molecule has 0 fully saturated rings. The molecule has 0 saturated carbocycles. The number of halogens is 1. The first-order valence-corrected chi connectivity index (χ1v) is 11.8. The summed E-state index contributed by atoms with van der Waals surface area (Å²) >= 11 is 0. The van der Waals surface area contributed by atoms with Crippen LogP contribution < -0.4 is 4.57 Å². The largest absolute Gasteiger partial charge is 0.454 e. The minimum atomic E-state index is -2.94. The highest BCUT2D eigenvalue weighted by atomic mass is 19.1. The maximum absolute atomic E-state index is 15.0. The van der Waals surface area contributed by atoms with E-state index in [2.05, 4.69) is 6.07 Å². The number of aromatic nitrogens is 1. The number of furan rings is 1. The van der Waals surface area contributed by atoms with Crippen molar-refractivity contribution in [1.82, 2.24) is 0 Å². The Morgan fingerprint density at radius 2 is 1.68 bits per heavy atom. The summed E-state index contributed by atoms with van der Waals surface area (Å²) in [6.45, 7) is -1.15. The van der Waals surface area contributed by atoms with Gasteiger partial charge in [0.25, 0.3) is 0 Å². The second-order valence-corrected chi connectivity index (χ2v) is 9.03. The van der Waals surface area contributed by atoms with E-state index in [0.717, 1.165) is 16.7 Å². The van der Waals surface area contributed by atoms with Crippen LogP contribution in [0.5, 0.6) is 0 Å². The molecule has 0 N–H and O–H groups in total. The highest BCUT2D eigenvalue weighted by molar-refractivity contribution is 6.13. The Labute approximate surface area is 221 Å². The van der Waals surface area contributed by atoms with Crippen molar-refractivity contribution in [3.63, 3.8) is 0 Å². The van der Waals surface area contributed by atoms with Gasteiger partial charge in [-0.1, -0.05) is 60.7 Å². The molecule has 0 saturated heterocycles. The molecule has 2 heterocycles. The summed E-state index contributed by atoms with van der Waals surface area (Å²) in [4.78, 5) is 0. The molecular weight excluding hydrogens is 459 g/mol. The Kier molecular flexibility index (Phi) is 4.16. The lowest BCUT2D eigenvalue weighted by Gasteiger charge is -2.07. The van der Waals surface area contributed by atoms with Gasteiger partial charge < -0.3 is 4.42 Å². The number of nitriles is 1. The first-order chi connectivity index (χ1) is 20.0. The molecule has 0 spiro atoms. The summed E-state index contributed by atoms with van der Waals surface area (Å²) in [7, 11) is 1.43. The quantitative estimate of drug-likeness (QED) is 0.237. The topological polar surface area (TPSA) is 40.8 Å². The first kappa shape index (κ1) is 17.6. The molecule has 0 bridgehead atoms. The summed E-state index contributed by atoms with van der Waals surface area (Å²) < 4.78 is 63.4. The molecule has 37 heavy (non-hydrogen) atoms. The van der Waals surface area contributed by atoms with E-state index < -0.39 is 30.4 Å². The molecule has 0 atom stereocenters. The first-order valence-electron chi connectivity index (χ1n) is 14.3. The molecule has 4 aromatic carbocycles. The average Bonchev–Trinajstić information content (AvgIpc) is 3.35. The fourth-order valence-corrected chi connectivity index (χ4v) is 4.86. The Balaban J connectivity index is 1.69. The Hall–Kier alpha value is -4.75. The molecule has 0 aliphatic carbocycles. The molecule has 0 aliphatic heterocycles. The van der Waals surface area contributed by atoms with Gasteiger partial charge in [-0.25, -0.2) is 4.39 Å². The van der Waals surface area contributed by atoms with Crippen LogP contribution >= 0.6 is 0 Å². The summed E-state index contributed by atoms with van der Waals surface area (Å²) in [5.41, 5.74) is 5.15. The van der Waals surface area contributed by atoms with Crippen molar-refractivity contribution >= 4 is 21.9 Å². The zero-order valence-corrected chi connectivity index (χ0v) is 20.2. The third-order valence-electron chi connectivity index (χ3n) is 6.66. The van der Waals surface area contributed by atoms with Gasteiger partial charge in [0.1, 0.15) is 19.6 Å². The number of benzene rings is 4. The van der Waals surface area contributed by atoms with Gasteiger partial charge in [0.15, 0.2) is 5.82 Å². The van der Waals surface area contributed by atoms with E-state index in [1.165, 1.54) is 11.6 Å². The number of nitrogens with zero attached hydrogens (tertiary/aromatic N) is 2. The Morgan fingerprint density at radius 3 is 2.46 bits per heavy atom. The minimum absolute atomic E-state index is 0.0582. The molecule has 0 unspecified atom stereocenters. The van der Waals surface area contributed by atoms with Gasteiger partial charge in [0.2, 0.25) is 11.9 Å². The van der Waals surface area contributed by atoms with Crippen LogP contribution in [0.3, 0.4) is 0 Å². The van der Waals surface area contributed by atoms with Crippen LogP contribution in [-0.2, 0) is 7.05 Å². The van der Waals surface area contributed by atoms with Crippen LogP contribution in [0.15, 0.2) is 95.5 Å². The van der Waals surface area contributed by atoms with Crippen molar-refractivity contribution in [2.45, 2.75) is 13.8 Å². The molecule has 0 aliphatic rings. The van der Waals surface area contributed by atoms with E-state index >= 15 is 4.39 Å². The van der Waals surface area contributed by atoms with Crippen molar-refractivity contribution in [3.05, 3.63) is 114 Å². The second-order valence-electron chi connectivity index (χ2n) is 9.03. The van der Waals surface area contributed by atoms with Gasteiger partial charge >= 0.3 is 0 Å². The van der Waals surface area contributed by atoms with Crippen LogP contribution in [0.1, 0.15) is 23.5 Å². The molecule has 6 aromatic rings. The lowest BCUT2D eigenvalue weighted by atomic mass is 9.95. The van der Waals surface area contributed by atoms with Crippen LogP contribution in [0.2, 0.25) is 0 Å². The molecular formula is C33H24FN2O+. The molecule has 178 valence electrons. The predicted molar refractivity (Wildman–Crippen MR) is 145 cm³/mol. The lowest BCUT2D eigenvalue weighted by Crippen LogP contribution is -2.31. The SMILES string of the molecule is [2H]c1c(C([2H])([2H])[2H])c(F)c([2H])[n+](C)c1-c1c(C)ccc2c1oc1c(-c3cccc(-c4ccccc4)c3)cc(C#N)cc12. The van der Waals surface area contributed by atoms with E-state index in [9.17, 15) is 5.26 Å². The smallest absolute Gasteiger partial charge is 0.216 e. The van der Waals surface area contributed by atoms with Gasteiger partial charge in [-0.2, -0.15) is 9.83 Å². The Bertz CT molecular complexity index is 2090. The minimum Gasteiger partial charge on any atom is -0.454 e. The fourth-order valence-electron chi connectivity index (χ4n) is 4.86. The van der Waals surface area contributed by atoms with E-state index in [1.807, 2.05) is 66.7 Å². The summed E-state index contributed by atoms with van der Waals surface area (Å²) in [6.07, 6.45) is -0.648. The highest BCUT2D eigenvalue weighted by Gasteiger charge is 2.23. The second kappa shape index (κ2) is 8.72. The van der Waals surface area contributed by atoms with Crippen molar-refractivity contribution in [1.29, 1.82) is 5.26 Å². The maximum Gasteiger partial charge on any atom is 0.216 e. The van der Waals surface area contributed by atoms with Gasteiger partial charge in [0.05, 0.1) is 18.6 Å². The standard InChI is InChI=1S/C33H24FN2O/c1-20-12-13-26-28-16-22(18-35)15-27(25-11-7-10-24(17-25)23-8-5-4-6-9-23)32(28)37-33(26)31(20)30-14-21(2)29(34)19-36(30)3/h4-17,19H,1-3H3/q+1/i2D3,14D,19D. The Morgan fingerprint density at radius 1 is 0.892 bits per heavy atom. The van der Waals surface area contributed by atoms with Crippen LogP contribution in [0, 0.1) is 30.9 Å². The van der Waals surface area contributed by atoms with E-state index in [4.69, 9.17) is 11.3 Å². The molecule has 0 radical (unpaired) electrons. The number of fused-ring (bicyclic) bond motifs is 3. The maximum atomic E-state index is 15.0. The number of hydrogen-bond donors (Lipinski definition) is 0. The molecule has 3 nitrogen and oxygen atoms in total. The number of hydrogen-bond acceptors (Lipinski definition) is 2. The number of aryl methyl sites for hydroxylation is 1. The van der Waals surface area contributed by atoms with Crippen molar-refractivity contribution in [2.24, 2.45) is 7.05 Å². The molecule has 2 aromatic heterocycles. The van der Waals surface area contributed by atoms with Crippen LogP contribution in [0.4, 0.5) is 4.39 Å². The van der Waals surface area contributed by atoms with E-state index in [1.54, 1.807) is 19.1 Å². The fraction of sp³-hybridized carbons (Fsp3) is 0.0909. The van der Waals surface area contributed by atoms with Gasteiger partial charge in [-0.15, -0.1) is 0 Å². The molecule has 4 heteroatoms. The normalized spacial score (nSPS) is 13.5. The number of pyridine rings is 1. The van der Waals surface area contributed by atoms with Crippen molar-refractivity contribution < 1.29 is 20.2 Å².